The molecule has 6 nitrogen and oxygen atoms in total. The third-order valence-corrected chi connectivity index (χ3v) is 7.63. The van der Waals surface area contributed by atoms with E-state index in [-0.39, 0.29) is 11.3 Å². The van der Waals surface area contributed by atoms with Crippen LogP contribution in [-0.2, 0) is 19.4 Å². The van der Waals surface area contributed by atoms with Crippen molar-refractivity contribution in [1.29, 1.82) is 0 Å². The Hall–Kier alpha value is -3.84. The third kappa shape index (κ3) is 3.49. The van der Waals surface area contributed by atoms with Gasteiger partial charge in [0.1, 0.15) is 4.83 Å². The molecule has 0 aliphatic heterocycles. The molecule has 5 aromatic rings. The maximum absolute atomic E-state index is 13.8. The van der Waals surface area contributed by atoms with Crippen LogP contribution in [0.25, 0.3) is 22.1 Å². The van der Waals surface area contributed by atoms with Gasteiger partial charge in [-0.15, -0.1) is 21.5 Å². The molecule has 0 unspecified atom stereocenters. The number of nitrogens with zero attached hydrogens (tertiary/aromatic N) is 4. The summed E-state index contributed by atoms with van der Waals surface area (Å²) in [7, 11) is 0. The summed E-state index contributed by atoms with van der Waals surface area (Å²) < 4.78 is 3.65. The molecule has 0 atom stereocenters. The number of benzene rings is 2. The molecule has 0 bridgehead atoms. The highest BCUT2D eigenvalue weighted by Gasteiger charge is 2.24. The minimum absolute atomic E-state index is 0.0194. The van der Waals surface area contributed by atoms with Gasteiger partial charge in [0.05, 0.1) is 11.9 Å². The zero-order valence-corrected chi connectivity index (χ0v) is 19.3. The standard InChI is InChI=1S/C27H22N4O2S/c32-21(19-11-5-2-6-12-19)15-16-23-28-29-27-30(17-18-9-3-1-4-10-18)25(33)24-20-13-7-8-14-22(20)34-26(24)31(23)27/h1-6,9-12,15-16H,7-8,13-14,17H2/b16-15+. The highest BCUT2D eigenvalue weighted by atomic mass is 32.1. The van der Waals surface area contributed by atoms with E-state index in [1.807, 2.05) is 52.9 Å². The summed E-state index contributed by atoms with van der Waals surface area (Å²) >= 11 is 1.66. The molecule has 7 heteroatoms. The van der Waals surface area contributed by atoms with Crippen LogP contribution in [0.5, 0.6) is 0 Å². The quantitative estimate of drug-likeness (QED) is 0.272. The normalized spacial score (nSPS) is 13.6. The molecule has 3 aromatic heterocycles. The number of hydrogen-bond acceptors (Lipinski definition) is 5. The molecule has 2 aromatic carbocycles. The fraction of sp³-hybridized carbons (Fsp3) is 0.185. The smallest absolute Gasteiger partial charge is 0.264 e. The molecule has 6 rings (SSSR count). The number of aromatic nitrogens is 4. The molecular weight excluding hydrogens is 444 g/mol. The Morgan fingerprint density at radius 3 is 2.50 bits per heavy atom. The van der Waals surface area contributed by atoms with Crippen LogP contribution in [0.15, 0.2) is 71.5 Å². The number of hydrogen-bond donors (Lipinski definition) is 0. The van der Waals surface area contributed by atoms with Gasteiger partial charge in [-0.25, -0.2) is 0 Å². The van der Waals surface area contributed by atoms with Gasteiger partial charge < -0.3 is 0 Å². The Labute approximate surface area is 199 Å². The molecule has 168 valence electrons. The fourth-order valence-corrected chi connectivity index (χ4v) is 6.06. The Bertz CT molecular complexity index is 1610. The summed E-state index contributed by atoms with van der Waals surface area (Å²) in [6, 6.07) is 19.1. The van der Waals surface area contributed by atoms with E-state index in [2.05, 4.69) is 10.2 Å². The van der Waals surface area contributed by atoms with Crippen molar-refractivity contribution in [2.75, 3.05) is 0 Å². The summed E-state index contributed by atoms with van der Waals surface area (Å²) in [6.45, 7) is 0.411. The maximum atomic E-state index is 13.8. The van der Waals surface area contributed by atoms with Crippen molar-refractivity contribution >= 4 is 39.2 Å². The second-order valence-electron chi connectivity index (χ2n) is 8.53. The molecule has 0 spiro atoms. The summed E-state index contributed by atoms with van der Waals surface area (Å²) in [6.07, 6.45) is 7.37. The largest absolute Gasteiger partial charge is 0.289 e. The lowest BCUT2D eigenvalue weighted by molar-refractivity contribution is 0.104. The van der Waals surface area contributed by atoms with E-state index in [1.54, 1.807) is 34.1 Å². The lowest BCUT2D eigenvalue weighted by atomic mass is 9.97. The van der Waals surface area contributed by atoms with E-state index < -0.39 is 0 Å². The van der Waals surface area contributed by atoms with Crippen LogP contribution in [0.2, 0.25) is 0 Å². The number of carbonyl (C=O) groups is 1. The van der Waals surface area contributed by atoms with Crippen LogP contribution in [0, 0.1) is 0 Å². The molecule has 1 aliphatic rings. The second-order valence-corrected chi connectivity index (χ2v) is 9.61. The Kier molecular flexibility index (Phi) is 5.19. The lowest BCUT2D eigenvalue weighted by Crippen LogP contribution is -2.24. The zero-order chi connectivity index (χ0) is 23.1. The first-order chi connectivity index (χ1) is 16.7. The Balaban J connectivity index is 1.56. The number of carbonyl (C=O) groups excluding carboxylic acids is 1. The van der Waals surface area contributed by atoms with Crippen LogP contribution in [-0.4, -0.2) is 24.9 Å². The highest BCUT2D eigenvalue weighted by Crippen LogP contribution is 2.35. The van der Waals surface area contributed by atoms with Gasteiger partial charge in [0, 0.05) is 10.4 Å². The number of fused-ring (bicyclic) bond motifs is 5. The number of aryl methyl sites for hydroxylation is 2. The summed E-state index contributed by atoms with van der Waals surface area (Å²) in [5.41, 5.74) is 2.79. The maximum Gasteiger partial charge on any atom is 0.264 e. The van der Waals surface area contributed by atoms with Crippen molar-refractivity contribution in [2.24, 2.45) is 0 Å². The topological polar surface area (TPSA) is 69.3 Å². The van der Waals surface area contributed by atoms with Gasteiger partial charge in [-0.1, -0.05) is 60.7 Å². The van der Waals surface area contributed by atoms with E-state index in [4.69, 9.17) is 0 Å². The predicted octanol–water partition coefficient (Wildman–Crippen LogP) is 4.93. The number of ketones is 1. The van der Waals surface area contributed by atoms with Crippen molar-refractivity contribution in [3.05, 3.63) is 104 Å². The summed E-state index contributed by atoms with van der Waals surface area (Å²) in [5, 5.41) is 9.55. The van der Waals surface area contributed by atoms with Gasteiger partial charge in [0.2, 0.25) is 5.78 Å². The molecule has 0 saturated heterocycles. The first kappa shape index (κ1) is 20.7. The van der Waals surface area contributed by atoms with Crippen LogP contribution in [0.3, 0.4) is 0 Å². The van der Waals surface area contributed by atoms with Gasteiger partial charge in [-0.2, -0.15) is 0 Å². The SMILES string of the molecule is O=C(/C=C/c1nnc2n(Cc3ccccc3)c(=O)c3c4c(sc3n12)CCCC4)c1ccccc1. The second kappa shape index (κ2) is 8.50. The third-order valence-electron chi connectivity index (χ3n) is 6.35. The van der Waals surface area contributed by atoms with E-state index in [0.29, 0.717) is 23.7 Å². The number of thiophene rings is 1. The van der Waals surface area contributed by atoms with Crippen LogP contribution >= 0.6 is 11.3 Å². The lowest BCUT2D eigenvalue weighted by Gasteiger charge is -2.12. The van der Waals surface area contributed by atoms with Crippen LogP contribution < -0.4 is 5.56 Å². The zero-order valence-electron chi connectivity index (χ0n) is 18.5. The Morgan fingerprint density at radius 1 is 0.971 bits per heavy atom. The molecule has 0 amide bonds. The van der Waals surface area contributed by atoms with Gasteiger partial charge in [0.15, 0.2) is 11.6 Å². The monoisotopic (exact) mass is 466 g/mol. The van der Waals surface area contributed by atoms with Crippen molar-refractivity contribution in [1.82, 2.24) is 19.2 Å². The Morgan fingerprint density at radius 2 is 1.71 bits per heavy atom. The molecular formula is C27H22N4O2S. The molecule has 0 fully saturated rings. The molecule has 1 aliphatic carbocycles. The first-order valence-electron chi connectivity index (χ1n) is 11.4. The van der Waals surface area contributed by atoms with Crippen molar-refractivity contribution in [2.45, 2.75) is 32.2 Å². The van der Waals surface area contributed by atoms with Gasteiger partial charge >= 0.3 is 0 Å². The summed E-state index contributed by atoms with van der Waals surface area (Å²) in [4.78, 5) is 28.6. The van der Waals surface area contributed by atoms with Gasteiger partial charge in [-0.3, -0.25) is 18.6 Å². The molecule has 0 saturated carbocycles. The molecule has 0 N–H and O–H groups in total. The highest BCUT2D eigenvalue weighted by molar-refractivity contribution is 7.18. The average Bonchev–Trinajstić information content (AvgIpc) is 3.48. The van der Waals surface area contributed by atoms with Crippen LogP contribution in [0.4, 0.5) is 0 Å². The van der Waals surface area contributed by atoms with Crippen LogP contribution in [0.1, 0.15) is 45.0 Å². The van der Waals surface area contributed by atoms with E-state index in [1.165, 1.54) is 16.5 Å². The molecule has 34 heavy (non-hydrogen) atoms. The van der Waals surface area contributed by atoms with E-state index in [9.17, 15) is 9.59 Å². The average molecular weight is 467 g/mol. The van der Waals surface area contributed by atoms with Gasteiger partial charge in [-0.05, 0) is 49.0 Å². The fourth-order valence-electron chi connectivity index (χ4n) is 4.68. The van der Waals surface area contributed by atoms with Crippen molar-refractivity contribution in [3.8, 4) is 0 Å². The van der Waals surface area contributed by atoms with E-state index in [0.717, 1.165) is 41.5 Å². The predicted molar refractivity (Wildman–Crippen MR) is 135 cm³/mol. The number of allylic oxidation sites excluding steroid dienone is 1. The summed E-state index contributed by atoms with van der Waals surface area (Å²) in [5.74, 6) is 0.938. The minimum atomic E-state index is -0.100. The van der Waals surface area contributed by atoms with Crippen molar-refractivity contribution in [3.63, 3.8) is 0 Å². The molecule has 0 radical (unpaired) electrons. The van der Waals surface area contributed by atoms with E-state index >= 15 is 0 Å². The first-order valence-corrected chi connectivity index (χ1v) is 12.3. The van der Waals surface area contributed by atoms with Crippen molar-refractivity contribution < 1.29 is 4.79 Å². The number of rotatable bonds is 5. The molecule has 3 heterocycles. The minimum Gasteiger partial charge on any atom is -0.289 e. The van der Waals surface area contributed by atoms with Gasteiger partial charge in [0.25, 0.3) is 5.56 Å².